The standard InChI is InChI=1S/C14H12BrF3N2/c1-8-11(15)3-2-4-12(8)20-13-6-5-9(19)7-10(13)14(16,17)18/h2-7,20H,19H2,1H3. The predicted molar refractivity (Wildman–Crippen MR) is 78.0 cm³/mol. The van der Waals surface area contributed by atoms with Crippen LogP contribution in [0.1, 0.15) is 11.1 Å². The van der Waals surface area contributed by atoms with E-state index < -0.39 is 11.7 Å². The molecule has 0 unspecified atom stereocenters. The summed E-state index contributed by atoms with van der Waals surface area (Å²) in [5.74, 6) is 0. The van der Waals surface area contributed by atoms with Crippen LogP contribution in [-0.4, -0.2) is 0 Å². The molecule has 0 amide bonds. The second kappa shape index (κ2) is 5.36. The molecule has 0 heterocycles. The van der Waals surface area contributed by atoms with E-state index in [1.165, 1.54) is 12.1 Å². The van der Waals surface area contributed by atoms with Gasteiger partial charge in [0, 0.05) is 15.8 Å². The smallest absolute Gasteiger partial charge is 0.399 e. The molecule has 0 aliphatic heterocycles. The van der Waals surface area contributed by atoms with Crippen molar-refractivity contribution in [1.82, 2.24) is 0 Å². The molecule has 0 aliphatic rings. The van der Waals surface area contributed by atoms with E-state index in [1.54, 1.807) is 12.1 Å². The molecule has 0 atom stereocenters. The van der Waals surface area contributed by atoms with E-state index in [4.69, 9.17) is 5.73 Å². The second-order valence-corrected chi connectivity index (χ2v) is 5.19. The number of anilines is 3. The van der Waals surface area contributed by atoms with Gasteiger partial charge in [0.25, 0.3) is 0 Å². The van der Waals surface area contributed by atoms with Crippen LogP contribution >= 0.6 is 15.9 Å². The quantitative estimate of drug-likeness (QED) is 0.743. The summed E-state index contributed by atoms with van der Waals surface area (Å²) in [6.07, 6.45) is -4.46. The lowest BCUT2D eigenvalue weighted by atomic mass is 10.1. The van der Waals surface area contributed by atoms with E-state index in [0.29, 0.717) is 5.69 Å². The number of benzene rings is 2. The molecular formula is C14H12BrF3N2. The molecule has 6 heteroatoms. The van der Waals surface area contributed by atoms with E-state index >= 15 is 0 Å². The third-order valence-electron chi connectivity index (χ3n) is 2.89. The third-order valence-corrected chi connectivity index (χ3v) is 3.75. The van der Waals surface area contributed by atoms with Crippen LogP contribution in [0.15, 0.2) is 40.9 Å². The SMILES string of the molecule is Cc1c(Br)cccc1Nc1ccc(N)cc1C(F)(F)F. The number of alkyl halides is 3. The second-order valence-electron chi connectivity index (χ2n) is 4.34. The molecule has 0 aromatic heterocycles. The summed E-state index contributed by atoms with van der Waals surface area (Å²) in [6, 6.07) is 8.99. The van der Waals surface area contributed by atoms with Crippen LogP contribution in [-0.2, 0) is 6.18 Å². The van der Waals surface area contributed by atoms with E-state index in [2.05, 4.69) is 21.2 Å². The maximum Gasteiger partial charge on any atom is 0.418 e. The molecule has 0 fully saturated rings. The molecule has 20 heavy (non-hydrogen) atoms. The first-order chi connectivity index (χ1) is 9.29. The summed E-state index contributed by atoms with van der Waals surface area (Å²) in [5.41, 5.74) is 6.15. The van der Waals surface area contributed by atoms with Gasteiger partial charge in [0.15, 0.2) is 0 Å². The zero-order valence-electron chi connectivity index (χ0n) is 10.6. The molecule has 2 aromatic rings. The topological polar surface area (TPSA) is 38.0 Å². The van der Waals surface area contributed by atoms with Crippen LogP contribution in [0.4, 0.5) is 30.2 Å². The molecule has 2 aromatic carbocycles. The van der Waals surface area contributed by atoms with Gasteiger partial charge in [0.1, 0.15) is 0 Å². The van der Waals surface area contributed by atoms with Crippen molar-refractivity contribution in [2.75, 3.05) is 11.1 Å². The van der Waals surface area contributed by atoms with Crippen LogP contribution in [0.2, 0.25) is 0 Å². The normalized spacial score (nSPS) is 11.4. The lowest BCUT2D eigenvalue weighted by Crippen LogP contribution is -2.10. The number of hydrogen-bond donors (Lipinski definition) is 2. The first-order valence-electron chi connectivity index (χ1n) is 5.78. The highest BCUT2D eigenvalue weighted by Gasteiger charge is 2.33. The van der Waals surface area contributed by atoms with Crippen LogP contribution in [0.25, 0.3) is 0 Å². The molecule has 3 N–H and O–H groups in total. The van der Waals surface area contributed by atoms with Gasteiger partial charge < -0.3 is 11.1 Å². The van der Waals surface area contributed by atoms with Gasteiger partial charge >= 0.3 is 6.18 Å². The van der Waals surface area contributed by atoms with Crippen molar-refractivity contribution in [3.8, 4) is 0 Å². The van der Waals surface area contributed by atoms with E-state index in [9.17, 15) is 13.2 Å². The minimum Gasteiger partial charge on any atom is -0.399 e. The number of halogens is 4. The van der Waals surface area contributed by atoms with Crippen LogP contribution in [0.5, 0.6) is 0 Å². The van der Waals surface area contributed by atoms with Crippen LogP contribution in [0, 0.1) is 6.92 Å². The Bertz CT molecular complexity index is 639. The Kier molecular flexibility index (Phi) is 3.94. The minimum absolute atomic E-state index is 0.0205. The van der Waals surface area contributed by atoms with Gasteiger partial charge in [-0.25, -0.2) is 0 Å². The average molecular weight is 345 g/mol. The largest absolute Gasteiger partial charge is 0.418 e. The maximum absolute atomic E-state index is 13.0. The fraction of sp³-hybridized carbons (Fsp3) is 0.143. The Balaban J connectivity index is 2.46. The van der Waals surface area contributed by atoms with E-state index in [0.717, 1.165) is 16.1 Å². The number of nitrogens with two attached hydrogens (primary N) is 1. The molecule has 0 bridgehead atoms. The monoisotopic (exact) mass is 344 g/mol. The first kappa shape index (κ1) is 14.7. The minimum atomic E-state index is -4.46. The summed E-state index contributed by atoms with van der Waals surface area (Å²) < 4.78 is 39.8. The Morgan fingerprint density at radius 2 is 1.80 bits per heavy atom. The highest BCUT2D eigenvalue weighted by molar-refractivity contribution is 9.10. The summed E-state index contributed by atoms with van der Waals surface area (Å²) in [5, 5.41) is 2.81. The number of nitrogens with one attached hydrogen (secondary N) is 1. The molecule has 106 valence electrons. The summed E-state index contributed by atoms with van der Waals surface area (Å²) in [4.78, 5) is 0. The Morgan fingerprint density at radius 3 is 2.45 bits per heavy atom. The lowest BCUT2D eigenvalue weighted by molar-refractivity contribution is -0.136. The highest BCUT2D eigenvalue weighted by Crippen LogP contribution is 2.38. The first-order valence-corrected chi connectivity index (χ1v) is 6.57. The van der Waals surface area contributed by atoms with Gasteiger partial charge in [-0.15, -0.1) is 0 Å². The van der Waals surface area contributed by atoms with Gasteiger partial charge in [-0.1, -0.05) is 22.0 Å². The van der Waals surface area contributed by atoms with E-state index in [1.807, 2.05) is 13.0 Å². The van der Waals surface area contributed by atoms with Crippen molar-refractivity contribution >= 4 is 33.0 Å². The van der Waals surface area contributed by atoms with Gasteiger partial charge in [-0.05, 0) is 42.8 Å². The average Bonchev–Trinajstić information content (AvgIpc) is 2.36. The molecule has 2 nitrogen and oxygen atoms in total. The zero-order chi connectivity index (χ0) is 14.9. The molecule has 0 radical (unpaired) electrons. The van der Waals surface area contributed by atoms with Crippen molar-refractivity contribution in [2.24, 2.45) is 0 Å². The predicted octanol–water partition coefficient (Wildman–Crippen LogP) is 5.10. The molecular weight excluding hydrogens is 333 g/mol. The Morgan fingerprint density at radius 1 is 1.10 bits per heavy atom. The van der Waals surface area contributed by atoms with Crippen molar-refractivity contribution in [2.45, 2.75) is 13.1 Å². The summed E-state index contributed by atoms with van der Waals surface area (Å²) in [6.45, 7) is 1.82. The van der Waals surface area contributed by atoms with Gasteiger partial charge in [0.2, 0.25) is 0 Å². The Labute approximate surface area is 122 Å². The van der Waals surface area contributed by atoms with Gasteiger partial charge in [-0.2, -0.15) is 13.2 Å². The number of hydrogen-bond acceptors (Lipinski definition) is 2. The maximum atomic E-state index is 13.0. The molecule has 0 saturated carbocycles. The third kappa shape index (κ3) is 3.07. The van der Waals surface area contributed by atoms with Crippen molar-refractivity contribution in [1.29, 1.82) is 0 Å². The summed E-state index contributed by atoms with van der Waals surface area (Å²) in [7, 11) is 0. The molecule has 0 saturated heterocycles. The van der Waals surface area contributed by atoms with E-state index in [-0.39, 0.29) is 11.4 Å². The number of nitrogen functional groups attached to an aromatic ring is 1. The van der Waals surface area contributed by atoms with Gasteiger partial charge in [0.05, 0.1) is 11.3 Å². The van der Waals surface area contributed by atoms with Crippen LogP contribution < -0.4 is 11.1 Å². The number of rotatable bonds is 2. The highest BCUT2D eigenvalue weighted by atomic mass is 79.9. The summed E-state index contributed by atoms with van der Waals surface area (Å²) >= 11 is 3.35. The fourth-order valence-corrected chi connectivity index (χ4v) is 2.16. The van der Waals surface area contributed by atoms with Crippen molar-refractivity contribution in [3.05, 3.63) is 52.0 Å². The lowest BCUT2D eigenvalue weighted by Gasteiger charge is -2.17. The molecule has 0 spiro atoms. The van der Waals surface area contributed by atoms with Crippen molar-refractivity contribution < 1.29 is 13.2 Å². The van der Waals surface area contributed by atoms with Crippen LogP contribution in [0.3, 0.4) is 0 Å². The fourth-order valence-electron chi connectivity index (χ4n) is 1.79. The van der Waals surface area contributed by atoms with Gasteiger partial charge in [-0.3, -0.25) is 0 Å². The Hall–Kier alpha value is -1.69. The molecule has 0 aliphatic carbocycles. The molecule has 2 rings (SSSR count). The zero-order valence-corrected chi connectivity index (χ0v) is 12.1. The van der Waals surface area contributed by atoms with Crippen molar-refractivity contribution in [3.63, 3.8) is 0 Å².